The highest BCUT2D eigenvalue weighted by molar-refractivity contribution is 5.27. The molecule has 3 nitrogen and oxygen atoms in total. The van der Waals surface area contributed by atoms with E-state index in [1.165, 1.54) is 16.8 Å². The molecule has 2 aromatic rings. The summed E-state index contributed by atoms with van der Waals surface area (Å²) in [6, 6.07) is 11.0. The van der Waals surface area contributed by atoms with E-state index >= 15 is 0 Å². The molecule has 20 heavy (non-hydrogen) atoms. The molecule has 0 radical (unpaired) electrons. The minimum absolute atomic E-state index is 0.228. The number of hydrogen-bond donors (Lipinski definition) is 1. The van der Waals surface area contributed by atoms with Crippen LogP contribution in [0.4, 0.5) is 0 Å². The highest BCUT2D eigenvalue weighted by atomic mass is 15.3. The number of aromatic nitrogens is 2. The van der Waals surface area contributed by atoms with Crippen molar-refractivity contribution in [2.24, 2.45) is 7.05 Å². The Labute approximate surface area is 122 Å². The van der Waals surface area contributed by atoms with Gasteiger partial charge < -0.3 is 5.32 Å². The molecule has 0 saturated carbocycles. The monoisotopic (exact) mass is 271 g/mol. The molecule has 0 bridgehead atoms. The van der Waals surface area contributed by atoms with Gasteiger partial charge in [-0.25, -0.2) is 0 Å². The Morgan fingerprint density at radius 2 is 1.80 bits per heavy atom. The van der Waals surface area contributed by atoms with Gasteiger partial charge in [0.05, 0.1) is 0 Å². The molecule has 0 aliphatic heterocycles. The predicted octanol–water partition coefficient (Wildman–Crippen LogP) is 3.05. The summed E-state index contributed by atoms with van der Waals surface area (Å²) >= 11 is 0. The van der Waals surface area contributed by atoms with Gasteiger partial charge in [0.25, 0.3) is 0 Å². The molecule has 0 aliphatic rings. The van der Waals surface area contributed by atoms with Crippen LogP contribution in [0.2, 0.25) is 0 Å². The lowest BCUT2D eigenvalue weighted by atomic mass is 9.87. The molecule has 108 valence electrons. The summed E-state index contributed by atoms with van der Waals surface area (Å²) in [6.45, 7) is 8.62. The van der Waals surface area contributed by atoms with Crippen LogP contribution in [0.5, 0.6) is 0 Å². The van der Waals surface area contributed by atoms with Crippen LogP contribution in [-0.4, -0.2) is 16.3 Å². The third-order valence-corrected chi connectivity index (χ3v) is 3.63. The van der Waals surface area contributed by atoms with E-state index in [0.29, 0.717) is 0 Å². The van der Waals surface area contributed by atoms with Gasteiger partial charge in [-0.15, -0.1) is 0 Å². The van der Waals surface area contributed by atoms with E-state index in [1.807, 2.05) is 17.9 Å². The Balaban J connectivity index is 1.78. The van der Waals surface area contributed by atoms with Crippen molar-refractivity contribution in [3.63, 3.8) is 0 Å². The van der Waals surface area contributed by atoms with E-state index in [2.05, 4.69) is 61.5 Å². The fraction of sp³-hybridized carbons (Fsp3) is 0.471. The van der Waals surface area contributed by atoms with Gasteiger partial charge in [0, 0.05) is 38.4 Å². The minimum atomic E-state index is 0.228. The molecule has 1 N–H and O–H groups in total. The van der Waals surface area contributed by atoms with Gasteiger partial charge in [0.15, 0.2) is 0 Å². The molecule has 0 spiro atoms. The first-order chi connectivity index (χ1) is 9.47. The summed E-state index contributed by atoms with van der Waals surface area (Å²) in [6.07, 6.45) is 2.86. The zero-order chi connectivity index (χ0) is 14.6. The van der Waals surface area contributed by atoms with Crippen LogP contribution in [0.3, 0.4) is 0 Å². The summed E-state index contributed by atoms with van der Waals surface area (Å²) < 4.78 is 1.93. The number of rotatable bonds is 5. The maximum atomic E-state index is 4.18. The lowest BCUT2D eigenvalue weighted by Crippen LogP contribution is -2.18. The molecule has 1 aromatic heterocycles. The highest BCUT2D eigenvalue weighted by Crippen LogP contribution is 2.22. The normalized spacial score (nSPS) is 11.8. The third-order valence-electron chi connectivity index (χ3n) is 3.63. The zero-order valence-electron chi connectivity index (χ0n) is 13.0. The second-order valence-corrected chi connectivity index (χ2v) is 6.32. The van der Waals surface area contributed by atoms with Gasteiger partial charge in [0.2, 0.25) is 0 Å². The molecular formula is C17H25N3. The number of hydrogen-bond acceptors (Lipinski definition) is 2. The van der Waals surface area contributed by atoms with E-state index in [9.17, 15) is 0 Å². The fourth-order valence-corrected chi connectivity index (χ4v) is 2.22. The Bertz CT molecular complexity index is 532. The van der Waals surface area contributed by atoms with Crippen molar-refractivity contribution in [2.45, 2.75) is 39.2 Å². The van der Waals surface area contributed by atoms with Gasteiger partial charge in [-0.1, -0.05) is 45.0 Å². The molecule has 0 unspecified atom stereocenters. The molecule has 0 saturated heterocycles. The lowest BCUT2D eigenvalue weighted by molar-refractivity contribution is 0.589. The summed E-state index contributed by atoms with van der Waals surface area (Å²) in [5.41, 5.74) is 4.21. The van der Waals surface area contributed by atoms with Crippen molar-refractivity contribution in [1.82, 2.24) is 15.1 Å². The van der Waals surface area contributed by atoms with Gasteiger partial charge in [-0.2, -0.15) is 5.10 Å². The van der Waals surface area contributed by atoms with E-state index in [4.69, 9.17) is 0 Å². The van der Waals surface area contributed by atoms with Crippen LogP contribution in [0, 0.1) is 0 Å². The number of aryl methyl sites for hydroxylation is 1. The quantitative estimate of drug-likeness (QED) is 0.847. The third kappa shape index (κ3) is 3.94. The maximum Gasteiger partial charge on any atom is 0.0492 e. The van der Waals surface area contributed by atoms with Crippen molar-refractivity contribution in [3.8, 4) is 0 Å². The second kappa shape index (κ2) is 6.23. The van der Waals surface area contributed by atoms with E-state index in [1.54, 1.807) is 0 Å². The molecule has 0 atom stereocenters. The minimum Gasteiger partial charge on any atom is -0.312 e. The number of nitrogens with zero attached hydrogens (tertiary/aromatic N) is 2. The molecule has 1 heterocycles. The van der Waals surface area contributed by atoms with E-state index < -0.39 is 0 Å². The maximum absolute atomic E-state index is 4.18. The lowest BCUT2D eigenvalue weighted by Gasteiger charge is -2.19. The first kappa shape index (κ1) is 14.8. The molecule has 1 aromatic carbocycles. The van der Waals surface area contributed by atoms with Gasteiger partial charge in [0.1, 0.15) is 0 Å². The molecule has 0 amide bonds. The fourth-order valence-electron chi connectivity index (χ4n) is 2.22. The molecule has 2 rings (SSSR count). The summed E-state index contributed by atoms with van der Waals surface area (Å²) in [5, 5.41) is 7.66. The van der Waals surface area contributed by atoms with E-state index in [-0.39, 0.29) is 5.41 Å². The largest absolute Gasteiger partial charge is 0.312 e. The Morgan fingerprint density at radius 1 is 1.10 bits per heavy atom. The Morgan fingerprint density at radius 3 is 2.35 bits per heavy atom. The topological polar surface area (TPSA) is 29.9 Å². The SMILES string of the molecule is Cn1nccc1CCNCc1ccc(C(C)(C)C)cc1. The van der Waals surface area contributed by atoms with Crippen LogP contribution in [-0.2, 0) is 25.4 Å². The van der Waals surface area contributed by atoms with Crippen LogP contribution >= 0.6 is 0 Å². The van der Waals surface area contributed by atoms with Crippen molar-refractivity contribution in [2.75, 3.05) is 6.54 Å². The van der Waals surface area contributed by atoms with Crippen LogP contribution < -0.4 is 5.32 Å². The standard InChI is InChI=1S/C17H25N3/c1-17(2,3)15-7-5-14(6-8-15)13-18-11-9-16-10-12-19-20(16)4/h5-8,10,12,18H,9,11,13H2,1-4H3. The van der Waals surface area contributed by atoms with Crippen molar-refractivity contribution < 1.29 is 0 Å². The average molecular weight is 271 g/mol. The van der Waals surface area contributed by atoms with Gasteiger partial charge >= 0.3 is 0 Å². The highest BCUT2D eigenvalue weighted by Gasteiger charge is 2.12. The van der Waals surface area contributed by atoms with Gasteiger partial charge in [-0.3, -0.25) is 4.68 Å². The number of benzene rings is 1. The van der Waals surface area contributed by atoms with Gasteiger partial charge in [-0.05, 0) is 22.6 Å². The molecule has 0 aliphatic carbocycles. The van der Waals surface area contributed by atoms with E-state index in [0.717, 1.165) is 19.5 Å². The molecule has 0 fully saturated rings. The van der Waals surface area contributed by atoms with Crippen LogP contribution in [0.15, 0.2) is 36.5 Å². The summed E-state index contributed by atoms with van der Waals surface area (Å²) in [7, 11) is 1.99. The predicted molar refractivity (Wildman–Crippen MR) is 83.8 cm³/mol. The van der Waals surface area contributed by atoms with Crippen molar-refractivity contribution in [1.29, 1.82) is 0 Å². The second-order valence-electron chi connectivity index (χ2n) is 6.32. The smallest absolute Gasteiger partial charge is 0.0492 e. The zero-order valence-corrected chi connectivity index (χ0v) is 13.0. The van der Waals surface area contributed by atoms with Crippen LogP contribution in [0.25, 0.3) is 0 Å². The summed E-state index contributed by atoms with van der Waals surface area (Å²) in [5.74, 6) is 0. The molecule has 3 heteroatoms. The van der Waals surface area contributed by atoms with Crippen molar-refractivity contribution in [3.05, 3.63) is 53.3 Å². The molecular weight excluding hydrogens is 246 g/mol. The Kier molecular flexibility index (Phi) is 4.61. The van der Waals surface area contributed by atoms with Crippen LogP contribution in [0.1, 0.15) is 37.6 Å². The number of nitrogens with one attached hydrogen (secondary N) is 1. The average Bonchev–Trinajstić information content (AvgIpc) is 2.80. The summed E-state index contributed by atoms with van der Waals surface area (Å²) in [4.78, 5) is 0. The first-order valence-corrected chi connectivity index (χ1v) is 7.24. The van der Waals surface area contributed by atoms with Crippen molar-refractivity contribution >= 4 is 0 Å². The Hall–Kier alpha value is -1.61. The first-order valence-electron chi connectivity index (χ1n) is 7.24.